The second-order valence-corrected chi connectivity index (χ2v) is 3.57. The first-order chi connectivity index (χ1) is 7.18. The van der Waals surface area contributed by atoms with Gasteiger partial charge in [0, 0.05) is 25.9 Å². The van der Waals surface area contributed by atoms with Crippen molar-refractivity contribution >= 4 is 11.9 Å². The second-order valence-electron chi connectivity index (χ2n) is 3.57. The van der Waals surface area contributed by atoms with Crippen molar-refractivity contribution < 1.29 is 27.3 Å². The number of likely N-dealkylation sites (N-methyl/N-ethyl adjacent to an activating group) is 1. The molecule has 0 radical (unpaired) electrons. The standard InChI is InChI=1S/C10H11N3O2.ClH/c1-13-9(14)8(12-10(13)15)5-7-3-2-4-11-6-7;/h2-4,6,8H,5H2,1H3,(H,12,15);1H/t8-;/m1./s1. The van der Waals surface area contributed by atoms with Crippen LogP contribution < -0.4 is 17.7 Å². The zero-order chi connectivity index (χ0) is 10.8. The van der Waals surface area contributed by atoms with Crippen LogP contribution in [0.25, 0.3) is 0 Å². The van der Waals surface area contributed by atoms with Crippen LogP contribution in [0.15, 0.2) is 24.5 Å². The summed E-state index contributed by atoms with van der Waals surface area (Å²) in [4.78, 5) is 27.9. The smallest absolute Gasteiger partial charge is 0.423 e. The van der Waals surface area contributed by atoms with Gasteiger partial charge >= 0.3 is 6.03 Å². The van der Waals surface area contributed by atoms with E-state index in [0.29, 0.717) is 6.42 Å². The van der Waals surface area contributed by atoms with Crippen molar-refractivity contribution in [3.8, 4) is 0 Å². The van der Waals surface area contributed by atoms with Crippen LogP contribution in [-0.4, -0.2) is 34.9 Å². The van der Waals surface area contributed by atoms with Crippen molar-refractivity contribution in [2.45, 2.75) is 12.5 Å². The number of aromatic nitrogens is 1. The molecule has 1 atom stereocenters. The van der Waals surface area contributed by atoms with Crippen molar-refractivity contribution in [2.75, 3.05) is 7.05 Å². The van der Waals surface area contributed by atoms with Crippen molar-refractivity contribution in [1.82, 2.24) is 9.88 Å². The first-order valence-electron chi connectivity index (χ1n) is 4.74. The molecule has 86 valence electrons. The number of hydrogen-bond acceptors (Lipinski definition) is 3. The highest BCUT2D eigenvalue weighted by Crippen LogP contribution is 2.04. The Morgan fingerprint density at radius 3 is 2.75 bits per heavy atom. The average Bonchev–Trinajstić information content (AvgIpc) is 2.48. The first kappa shape index (κ1) is 12.6. The van der Waals surface area contributed by atoms with Gasteiger partial charge in [-0.1, -0.05) is 6.07 Å². The van der Waals surface area contributed by atoms with Crippen LogP contribution >= 0.6 is 0 Å². The molecule has 1 aromatic rings. The third-order valence-corrected chi connectivity index (χ3v) is 2.50. The van der Waals surface area contributed by atoms with Gasteiger partial charge in [0.1, 0.15) is 0 Å². The molecular formula is C10H12ClN3O2. The van der Waals surface area contributed by atoms with E-state index in [4.69, 9.17) is 0 Å². The molecule has 16 heavy (non-hydrogen) atoms. The summed E-state index contributed by atoms with van der Waals surface area (Å²) >= 11 is 0. The average molecular weight is 242 g/mol. The van der Waals surface area contributed by atoms with Gasteiger partial charge in [-0.05, 0) is 11.6 Å². The number of amides is 3. The fraction of sp³-hybridized carbons (Fsp3) is 0.300. The number of halogens is 1. The molecule has 1 fully saturated rings. The van der Waals surface area contributed by atoms with Crippen molar-refractivity contribution in [1.29, 1.82) is 0 Å². The Hall–Kier alpha value is -1.46. The molecule has 0 saturated carbocycles. The summed E-state index contributed by atoms with van der Waals surface area (Å²) in [6.07, 6.45) is 3.94. The van der Waals surface area contributed by atoms with Crippen molar-refractivity contribution in [2.24, 2.45) is 0 Å². The van der Waals surface area contributed by atoms with Gasteiger partial charge in [0.2, 0.25) is 0 Å². The minimum absolute atomic E-state index is 0. The van der Waals surface area contributed by atoms with Gasteiger partial charge in [-0.25, -0.2) is 9.69 Å². The number of nitrogens with two attached hydrogens (primary N) is 1. The van der Waals surface area contributed by atoms with E-state index < -0.39 is 0 Å². The molecule has 6 heteroatoms. The van der Waals surface area contributed by atoms with Crippen LogP contribution in [0.1, 0.15) is 5.56 Å². The van der Waals surface area contributed by atoms with E-state index in [9.17, 15) is 9.59 Å². The lowest BCUT2D eigenvalue weighted by molar-refractivity contribution is -0.572. The molecule has 2 heterocycles. The van der Waals surface area contributed by atoms with E-state index in [1.165, 1.54) is 12.4 Å². The predicted molar refractivity (Wildman–Crippen MR) is 51.8 cm³/mol. The van der Waals surface area contributed by atoms with Crippen LogP contribution in [-0.2, 0) is 11.2 Å². The Labute approximate surface area is 99.3 Å². The van der Waals surface area contributed by atoms with Gasteiger partial charge in [0.25, 0.3) is 5.91 Å². The molecule has 0 unspecified atom stereocenters. The van der Waals surface area contributed by atoms with Crippen LogP contribution in [0.3, 0.4) is 0 Å². The molecule has 0 spiro atoms. The molecule has 0 aromatic carbocycles. The number of carbonyl (C=O) groups excluding carboxylic acids is 2. The summed E-state index contributed by atoms with van der Waals surface area (Å²) in [6, 6.07) is 3.18. The van der Waals surface area contributed by atoms with E-state index in [2.05, 4.69) is 4.98 Å². The monoisotopic (exact) mass is 241 g/mol. The van der Waals surface area contributed by atoms with Gasteiger partial charge in [-0.3, -0.25) is 15.1 Å². The Balaban J connectivity index is 0.00000128. The predicted octanol–water partition coefficient (Wildman–Crippen LogP) is -3.85. The number of carbonyl (C=O) groups is 2. The maximum absolute atomic E-state index is 11.6. The highest BCUT2D eigenvalue weighted by atomic mass is 35.5. The van der Waals surface area contributed by atoms with Crippen LogP contribution in [0.2, 0.25) is 0 Å². The molecule has 1 aliphatic rings. The number of urea groups is 1. The highest BCUT2D eigenvalue weighted by Gasteiger charge is 2.40. The molecule has 5 nitrogen and oxygen atoms in total. The molecule has 1 aromatic heterocycles. The summed E-state index contributed by atoms with van der Waals surface area (Å²) in [5.74, 6) is -0.135. The number of imide groups is 1. The number of nitrogens with zero attached hydrogens (tertiary/aromatic N) is 2. The quantitative estimate of drug-likeness (QED) is 0.540. The third-order valence-electron chi connectivity index (χ3n) is 2.50. The lowest BCUT2D eigenvalue weighted by Gasteiger charge is -2.03. The molecular weight excluding hydrogens is 230 g/mol. The fourth-order valence-electron chi connectivity index (χ4n) is 1.63. The maximum Gasteiger partial charge on any atom is 0.423 e. The minimum Gasteiger partial charge on any atom is -1.00 e. The van der Waals surface area contributed by atoms with Crippen molar-refractivity contribution in [3.05, 3.63) is 30.1 Å². The molecule has 1 saturated heterocycles. The highest BCUT2D eigenvalue weighted by molar-refractivity contribution is 5.97. The lowest BCUT2D eigenvalue weighted by atomic mass is 10.1. The Morgan fingerprint density at radius 1 is 1.50 bits per heavy atom. The Morgan fingerprint density at radius 2 is 2.25 bits per heavy atom. The number of primary amides is 1. The Bertz CT molecular complexity index is 396. The zero-order valence-electron chi connectivity index (χ0n) is 8.76. The molecule has 0 aliphatic carbocycles. The largest absolute Gasteiger partial charge is 1.00 e. The summed E-state index contributed by atoms with van der Waals surface area (Å²) in [5.41, 5.74) is 0.968. The molecule has 2 N–H and O–H groups in total. The summed E-state index contributed by atoms with van der Waals surface area (Å²) < 4.78 is 0. The van der Waals surface area contributed by atoms with Gasteiger partial charge in [0.15, 0.2) is 6.04 Å². The summed E-state index contributed by atoms with van der Waals surface area (Å²) in [7, 11) is 1.50. The fourth-order valence-corrected chi connectivity index (χ4v) is 1.63. The number of pyridine rings is 1. The minimum atomic E-state index is -0.327. The SMILES string of the molecule is CN1C(=O)[NH2+][C@H](Cc2cccnc2)C1=O.[Cl-]. The van der Waals surface area contributed by atoms with E-state index >= 15 is 0 Å². The molecule has 1 aliphatic heterocycles. The summed E-state index contributed by atoms with van der Waals surface area (Å²) in [5, 5.41) is 1.47. The lowest BCUT2D eigenvalue weighted by Crippen LogP contribution is -3.00. The van der Waals surface area contributed by atoms with Crippen molar-refractivity contribution in [3.63, 3.8) is 0 Å². The van der Waals surface area contributed by atoms with Crippen LogP contribution in [0.5, 0.6) is 0 Å². The van der Waals surface area contributed by atoms with E-state index in [-0.39, 0.29) is 30.4 Å². The van der Waals surface area contributed by atoms with E-state index in [1.54, 1.807) is 12.4 Å². The topological polar surface area (TPSA) is 66.9 Å². The maximum atomic E-state index is 11.6. The second kappa shape index (κ2) is 5.05. The van der Waals surface area contributed by atoms with Crippen LogP contribution in [0.4, 0.5) is 4.79 Å². The van der Waals surface area contributed by atoms with E-state index in [1.807, 2.05) is 12.1 Å². The van der Waals surface area contributed by atoms with Gasteiger partial charge < -0.3 is 12.4 Å². The number of quaternary nitrogens is 1. The number of rotatable bonds is 2. The third kappa shape index (κ3) is 2.37. The molecule has 2 rings (SSSR count). The van der Waals surface area contributed by atoms with Gasteiger partial charge in [-0.15, -0.1) is 0 Å². The zero-order valence-corrected chi connectivity index (χ0v) is 9.52. The van der Waals surface area contributed by atoms with Crippen LogP contribution in [0, 0.1) is 0 Å². The number of hydrogen-bond donors (Lipinski definition) is 1. The Kier molecular flexibility index (Phi) is 3.98. The van der Waals surface area contributed by atoms with E-state index in [0.717, 1.165) is 10.5 Å². The summed E-state index contributed by atoms with van der Waals surface area (Å²) in [6.45, 7) is 0. The normalized spacial score (nSPS) is 19.8. The first-order valence-corrected chi connectivity index (χ1v) is 4.74. The molecule has 3 amide bonds. The molecule has 0 bridgehead atoms. The van der Waals surface area contributed by atoms with Gasteiger partial charge in [0.05, 0.1) is 0 Å². The van der Waals surface area contributed by atoms with Gasteiger partial charge in [-0.2, -0.15) is 0 Å².